The Hall–Kier alpha value is -2.10. The molecular weight excluding hydrogens is 240 g/mol. The number of rotatable bonds is 4. The number of benzene rings is 1. The molecule has 2 atom stereocenters. The van der Waals surface area contributed by atoms with Crippen LogP contribution in [-0.4, -0.2) is 22.7 Å². The number of hydrogen-bond donors (Lipinski definition) is 0. The zero-order valence-electron chi connectivity index (χ0n) is 11.0. The molecule has 0 N–H and O–H groups in total. The second kappa shape index (κ2) is 4.53. The molecule has 0 aliphatic heterocycles. The van der Waals surface area contributed by atoms with E-state index < -0.39 is 0 Å². The topological polar surface area (TPSA) is 44.1 Å². The van der Waals surface area contributed by atoms with Crippen molar-refractivity contribution in [1.82, 2.24) is 9.78 Å². The van der Waals surface area contributed by atoms with Crippen molar-refractivity contribution >= 4 is 5.78 Å². The second-order valence-corrected chi connectivity index (χ2v) is 4.92. The van der Waals surface area contributed by atoms with E-state index in [2.05, 4.69) is 17.2 Å². The molecule has 4 heteroatoms. The lowest BCUT2D eigenvalue weighted by Crippen LogP contribution is -2.05. The van der Waals surface area contributed by atoms with Gasteiger partial charge in [0.25, 0.3) is 0 Å². The van der Waals surface area contributed by atoms with Crippen LogP contribution in [0.4, 0.5) is 0 Å². The molecule has 0 amide bonds. The molecule has 1 aliphatic carbocycles. The van der Waals surface area contributed by atoms with Crippen LogP contribution in [0, 0.1) is 5.92 Å². The first-order chi connectivity index (χ1) is 9.20. The summed E-state index contributed by atoms with van der Waals surface area (Å²) in [4.78, 5) is 12.3. The van der Waals surface area contributed by atoms with Crippen molar-refractivity contribution in [2.24, 2.45) is 13.0 Å². The van der Waals surface area contributed by atoms with Crippen LogP contribution in [-0.2, 0) is 7.05 Å². The quantitative estimate of drug-likeness (QED) is 0.789. The predicted molar refractivity (Wildman–Crippen MR) is 71.4 cm³/mol. The summed E-state index contributed by atoms with van der Waals surface area (Å²) >= 11 is 0. The Balaban J connectivity index is 1.76. The standard InChI is InChI=1S/C15H16N2O2/c1-17-14(19-2)9-13(16-17)15(18)12-8-11(12)10-6-4-3-5-7-10/h3-7,9,11-12H,8H2,1-2H3. The van der Waals surface area contributed by atoms with Crippen LogP contribution in [0.3, 0.4) is 0 Å². The number of aryl methyl sites for hydroxylation is 1. The fourth-order valence-corrected chi connectivity index (χ4v) is 2.50. The van der Waals surface area contributed by atoms with Gasteiger partial charge in [0.15, 0.2) is 5.78 Å². The monoisotopic (exact) mass is 256 g/mol. The summed E-state index contributed by atoms with van der Waals surface area (Å²) in [5, 5.41) is 4.21. The Morgan fingerprint density at radius 3 is 2.74 bits per heavy atom. The molecule has 1 aromatic heterocycles. The molecule has 1 aliphatic rings. The van der Waals surface area contributed by atoms with Crippen molar-refractivity contribution in [3.63, 3.8) is 0 Å². The third-order valence-electron chi connectivity index (χ3n) is 3.65. The highest BCUT2D eigenvalue weighted by Gasteiger charge is 2.44. The lowest BCUT2D eigenvalue weighted by Gasteiger charge is -1.98. The zero-order chi connectivity index (χ0) is 13.4. The van der Waals surface area contributed by atoms with Gasteiger partial charge in [0.05, 0.1) is 7.11 Å². The SMILES string of the molecule is COc1cc(C(=O)C2CC2c2ccccc2)nn1C. The van der Waals surface area contributed by atoms with Crippen LogP contribution in [0.2, 0.25) is 0 Å². The number of methoxy groups -OCH3 is 1. The minimum absolute atomic E-state index is 0.0713. The normalized spacial score (nSPS) is 21.2. The largest absolute Gasteiger partial charge is 0.481 e. The zero-order valence-corrected chi connectivity index (χ0v) is 11.0. The number of aromatic nitrogens is 2. The highest BCUT2D eigenvalue weighted by atomic mass is 16.5. The van der Waals surface area contributed by atoms with Crippen molar-refractivity contribution < 1.29 is 9.53 Å². The molecule has 2 aromatic rings. The van der Waals surface area contributed by atoms with E-state index in [9.17, 15) is 4.79 Å². The van der Waals surface area contributed by atoms with Crippen molar-refractivity contribution in [2.45, 2.75) is 12.3 Å². The summed E-state index contributed by atoms with van der Waals surface area (Å²) in [6.07, 6.45) is 0.918. The van der Waals surface area contributed by atoms with Crippen LogP contribution in [0.15, 0.2) is 36.4 Å². The number of nitrogens with zero attached hydrogens (tertiary/aromatic N) is 2. The summed E-state index contributed by atoms with van der Waals surface area (Å²) in [6.45, 7) is 0. The van der Waals surface area contributed by atoms with Gasteiger partial charge in [-0.25, -0.2) is 4.68 Å². The van der Waals surface area contributed by atoms with Gasteiger partial charge in [-0.15, -0.1) is 0 Å². The predicted octanol–water partition coefficient (Wildman–Crippen LogP) is 2.42. The van der Waals surface area contributed by atoms with Crippen LogP contribution in [0.5, 0.6) is 5.88 Å². The molecule has 1 saturated carbocycles. The molecule has 1 heterocycles. The first-order valence-corrected chi connectivity index (χ1v) is 6.38. The van der Waals surface area contributed by atoms with Crippen LogP contribution in [0.1, 0.15) is 28.4 Å². The minimum Gasteiger partial charge on any atom is -0.481 e. The van der Waals surface area contributed by atoms with Gasteiger partial charge < -0.3 is 4.74 Å². The summed E-state index contributed by atoms with van der Waals surface area (Å²) in [5.74, 6) is 1.15. The molecule has 98 valence electrons. The Bertz CT molecular complexity index is 604. The van der Waals surface area contributed by atoms with E-state index >= 15 is 0 Å². The molecule has 1 aromatic carbocycles. The van der Waals surface area contributed by atoms with Gasteiger partial charge in [0.1, 0.15) is 5.69 Å². The average Bonchev–Trinajstić information content (AvgIpc) is 3.15. The van der Waals surface area contributed by atoms with E-state index in [1.54, 1.807) is 24.9 Å². The number of Topliss-reactive ketones (excluding diaryl/α,β-unsaturated/α-hetero) is 1. The Labute approximate surface area is 112 Å². The summed E-state index contributed by atoms with van der Waals surface area (Å²) in [6, 6.07) is 11.9. The number of ether oxygens (including phenoxy) is 1. The fourth-order valence-electron chi connectivity index (χ4n) is 2.50. The Morgan fingerprint density at radius 2 is 2.11 bits per heavy atom. The number of hydrogen-bond acceptors (Lipinski definition) is 3. The van der Waals surface area contributed by atoms with Crippen molar-refractivity contribution in [2.75, 3.05) is 7.11 Å². The van der Waals surface area contributed by atoms with Gasteiger partial charge in [-0.1, -0.05) is 30.3 Å². The van der Waals surface area contributed by atoms with Gasteiger partial charge in [-0.2, -0.15) is 5.10 Å². The summed E-state index contributed by atoms with van der Waals surface area (Å²) in [5.41, 5.74) is 1.74. The van der Waals surface area contributed by atoms with E-state index in [0.29, 0.717) is 17.5 Å². The highest BCUT2D eigenvalue weighted by Crippen LogP contribution is 2.49. The Kier molecular flexibility index (Phi) is 2.85. The molecule has 4 nitrogen and oxygen atoms in total. The first-order valence-electron chi connectivity index (χ1n) is 6.38. The van der Waals surface area contributed by atoms with Crippen LogP contribution >= 0.6 is 0 Å². The Morgan fingerprint density at radius 1 is 1.37 bits per heavy atom. The third kappa shape index (κ3) is 2.14. The molecule has 3 rings (SSSR count). The number of carbonyl (C=O) groups is 1. The van der Waals surface area contributed by atoms with E-state index in [1.807, 2.05) is 18.2 Å². The lowest BCUT2D eigenvalue weighted by atomic mass is 10.1. The molecule has 0 bridgehead atoms. The highest BCUT2D eigenvalue weighted by molar-refractivity contribution is 5.99. The molecule has 0 radical (unpaired) electrons. The van der Waals surface area contributed by atoms with E-state index in [-0.39, 0.29) is 11.7 Å². The number of carbonyl (C=O) groups excluding carboxylic acids is 1. The van der Waals surface area contributed by atoms with Crippen molar-refractivity contribution in [3.05, 3.63) is 47.7 Å². The molecule has 2 unspecified atom stereocenters. The third-order valence-corrected chi connectivity index (χ3v) is 3.65. The fraction of sp³-hybridized carbons (Fsp3) is 0.333. The van der Waals surface area contributed by atoms with Gasteiger partial charge in [-0.3, -0.25) is 4.79 Å². The second-order valence-electron chi connectivity index (χ2n) is 4.92. The maximum atomic E-state index is 12.3. The van der Waals surface area contributed by atoms with Gasteiger partial charge in [0.2, 0.25) is 5.88 Å². The van der Waals surface area contributed by atoms with E-state index in [4.69, 9.17) is 4.74 Å². The molecule has 0 saturated heterocycles. The minimum atomic E-state index is 0.0713. The van der Waals surface area contributed by atoms with Gasteiger partial charge >= 0.3 is 0 Å². The van der Waals surface area contributed by atoms with E-state index in [1.165, 1.54) is 5.56 Å². The molecular formula is C15H16N2O2. The molecule has 0 spiro atoms. The van der Waals surface area contributed by atoms with Crippen LogP contribution in [0.25, 0.3) is 0 Å². The van der Waals surface area contributed by atoms with Crippen molar-refractivity contribution in [1.29, 1.82) is 0 Å². The van der Waals surface area contributed by atoms with E-state index in [0.717, 1.165) is 6.42 Å². The summed E-state index contributed by atoms with van der Waals surface area (Å²) < 4.78 is 6.73. The lowest BCUT2D eigenvalue weighted by molar-refractivity contribution is 0.0959. The molecule has 1 fully saturated rings. The molecule has 19 heavy (non-hydrogen) atoms. The number of ketones is 1. The van der Waals surface area contributed by atoms with Crippen molar-refractivity contribution in [3.8, 4) is 5.88 Å². The average molecular weight is 256 g/mol. The maximum absolute atomic E-state index is 12.3. The van der Waals surface area contributed by atoms with Crippen LogP contribution < -0.4 is 4.74 Å². The van der Waals surface area contributed by atoms with Gasteiger partial charge in [-0.05, 0) is 17.9 Å². The smallest absolute Gasteiger partial charge is 0.211 e. The maximum Gasteiger partial charge on any atom is 0.211 e. The first kappa shape index (κ1) is 12.0. The van der Waals surface area contributed by atoms with Gasteiger partial charge in [0, 0.05) is 19.0 Å². The summed E-state index contributed by atoms with van der Waals surface area (Å²) in [7, 11) is 3.35.